The number of hydrogen-bond donors (Lipinski definition) is 1. The number of rotatable bonds is 7. The van der Waals surface area contributed by atoms with E-state index < -0.39 is 6.10 Å². The minimum absolute atomic E-state index is 0.132. The summed E-state index contributed by atoms with van der Waals surface area (Å²) in [5.41, 5.74) is 2.25. The molecule has 1 aromatic carbocycles. The van der Waals surface area contributed by atoms with Gasteiger partial charge in [-0.3, -0.25) is 0 Å². The molecule has 19 heavy (non-hydrogen) atoms. The molecule has 1 N–H and O–H groups in total. The lowest BCUT2D eigenvalue weighted by Gasteiger charge is -2.26. The third-order valence-corrected chi connectivity index (χ3v) is 4.31. The molecule has 0 amide bonds. The Kier molecular flexibility index (Phi) is 5.41. The topological polar surface area (TPSA) is 29.5 Å². The number of ether oxygens (including phenoxy) is 1. The Hall–Kier alpha value is -0.860. The molecule has 2 unspecified atom stereocenters. The molecular formula is C17H26O2. The van der Waals surface area contributed by atoms with E-state index in [9.17, 15) is 5.11 Å². The number of aliphatic hydroxyl groups is 1. The molecule has 0 spiro atoms. The fourth-order valence-electron chi connectivity index (χ4n) is 2.51. The van der Waals surface area contributed by atoms with Crippen LogP contribution in [-0.2, 0) is 11.2 Å². The van der Waals surface area contributed by atoms with Gasteiger partial charge in [0.05, 0.1) is 6.10 Å². The molecule has 0 heterocycles. The van der Waals surface area contributed by atoms with E-state index in [1.165, 1.54) is 24.8 Å². The van der Waals surface area contributed by atoms with Crippen molar-refractivity contribution in [2.24, 2.45) is 5.92 Å². The minimum atomic E-state index is -0.521. The molecule has 0 bridgehead atoms. The standard InChI is InChI=1S/C17H26O2/c1-3-14-7-9-16(10-8-14)17(18)13(2)19-12-11-15-5-4-6-15/h7-10,13,15,17-18H,3-6,11-12H2,1-2H3. The Morgan fingerprint density at radius 3 is 2.47 bits per heavy atom. The van der Waals surface area contributed by atoms with Gasteiger partial charge in [-0.05, 0) is 36.8 Å². The lowest BCUT2D eigenvalue weighted by Crippen LogP contribution is -2.21. The highest BCUT2D eigenvalue weighted by Gasteiger charge is 2.20. The first-order valence-electron chi connectivity index (χ1n) is 7.59. The van der Waals surface area contributed by atoms with Crippen molar-refractivity contribution in [3.05, 3.63) is 35.4 Å². The highest BCUT2D eigenvalue weighted by atomic mass is 16.5. The van der Waals surface area contributed by atoms with Crippen molar-refractivity contribution in [3.8, 4) is 0 Å². The van der Waals surface area contributed by atoms with Gasteiger partial charge in [0.25, 0.3) is 0 Å². The second kappa shape index (κ2) is 7.06. The number of aliphatic hydroxyl groups excluding tert-OH is 1. The number of aryl methyl sites for hydroxylation is 1. The first-order chi connectivity index (χ1) is 9.20. The Bertz CT molecular complexity index is 367. The van der Waals surface area contributed by atoms with E-state index in [0.717, 1.165) is 30.9 Å². The molecule has 0 radical (unpaired) electrons. The fraction of sp³-hybridized carbons (Fsp3) is 0.647. The Labute approximate surface area is 116 Å². The molecule has 2 nitrogen and oxygen atoms in total. The maximum atomic E-state index is 10.3. The van der Waals surface area contributed by atoms with Gasteiger partial charge in [0, 0.05) is 6.61 Å². The van der Waals surface area contributed by atoms with Gasteiger partial charge in [-0.15, -0.1) is 0 Å². The van der Waals surface area contributed by atoms with E-state index in [1.54, 1.807) is 0 Å². The molecule has 1 aliphatic rings. The van der Waals surface area contributed by atoms with Crippen LogP contribution in [0.25, 0.3) is 0 Å². The predicted molar refractivity (Wildman–Crippen MR) is 78.2 cm³/mol. The third-order valence-electron chi connectivity index (χ3n) is 4.31. The zero-order valence-corrected chi connectivity index (χ0v) is 12.1. The molecule has 0 aromatic heterocycles. The summed E-state index contributed by atoms with van der Waals surface area (Å²) in [7, 11) is 0. The summed E-state index contributed by atoms with van der Waals surface area (Å²) in [6, 6.07) is 8.18. The molecule has 2 atom stereocenters. The van der Waals surface area contributed by atoms with Crippen LogP contribution in [-0.4, -0.2) is 17.8 Å². The van der Waals surface area contributed by atoms with Gasteiger partial charge >= 0.3 is 0 Å². The molecule has 1 aromatic rings. The van der Waals surface area contributed by atoms with Gasteiger partial charge < -0.3 is 9.84 Å². The smallest absolute Gasteiger partial charge is 0.105 e. The first-order valence-corrected chi connectivity index (χ1v) is 7.59. The molecule has 106 valence electrons. The lowest BCUT2D eigenvalue weighted by molar-refractivity contribution is -0.0344. The van der Waals surface area contributed by atoms with Gasteiger partial charge in [-0.25, -0.2) is 0 Å². The molecule has 2 rings (SSSR count). The summed E-state index contributed by atoms with van der Waals surface area (Å²) in [5.74, 6) is 0.869. The van der Waals surface area contributed by atoms with Crippen LogP contribution < -0.4 is 0 Å². The lowest BCUT2D eigenvalue weighted by atomic mass is 9.83. The molecule has 1 saturated carbocycles. The van der Waals surface area contributed by atoms with Gasteiger partial charge in [-0.2, -0.15) is 0 Å². The second-order valence-electron chi connectivity index (χ2n) is 5.70. The van der Waals surface area contributed by atoms with Crippen molar-refractivity contribution in [2.75, 3.05) is 6.61 Å². The Morgan fingerprint density at radius 1 is 1.26 bits per heavy atom. The summed E-state index contributed by atoms with van der Waals surface area (Å²) < 4.78 is 5.77. The average molecular weight is 262 g/mol. The van der Waals surface area contributed by atoms with Crippen LogP contribution in [0.4, 0.5) is 0 Å². The summed E-state index contributed by atoms with van der Waals surface area (Å²) in [6.45, 7) is 4.87. The van der Waals surface area contributed by atoms with Crippen LogP contribution in [0.3, 0.4) is 0 Å². The maximum absolute atomic E-state index is 10.3. The van der Waals surface area contributed by atoms with Gasteiger partial charge in [0.15, 0.2) is 0 Å². The summed E-state index contributed by atoms with van der Waals surface area (Å²) in [5, 5.41) is 10.3. The Balaban J connectivity index is 1.77. The maximum Gasteiger partial charge on any atom is 0.105 e. The van der Waals surface area contributed by atoms with Crippen LogP contribution in [0.15, 0.2) is 24.3 Å². The van der Waals surface area contributed by atoms with E-state index in [4.69, 9.17) is 4.74 Å². The van der Waals surface area contributed by atoms with Crippen molar-refractivity contribution < 1.29 is 9.84 Å². The van der Waals surface area contributed by atoms with Crippen molar-refractivity contribution in [1.29, 1.82) is 0 Å². The highest BCUT2D eigenvalue weighted by Crippen LogP contribution is 2.29. The van der Waals surface area contributed by atoms with E-state index >= 15 is 0 Å². The van der Waals surface area contributed by atoms with Crippen molar-refractivity contribution in [2.45, 2.75) is 58.2 Å². The molecular weight excluding hydrogens is 236 g/mol. The molecule has 2 heteroatoms. The molecule has 0 aliphatic heterocycles. The van der Waals surface area contributed by atoms with E-state index in [0.29, 0.717) is 0 Å². The molecule has 0 saturated heterocycles. The number of hydrogen-bond acceptors (Lipinski definition) is 2. The van der Waals surface area contributed by atoms with Crippen LogP contribution in [0.1, 0.15) is 56.8 Å². The highest BCUT2D eigenvalue weighted by molar-refractivity contribution is 5.24. The summed E-state index contributed by atoms with van der Waals surface area (Å²) >= 11 is 0. The predicted octanol–water partition coefficient (Wildman–Crippen LogP) is 3.88. The monoisotopic (exact) mass is 262 g/mol. The normalized spacial score (nSPS) is 18.9. The van der Waals surface area contributed by atoms with Crippen molar-refractivity contribution in [1.82, 2.24) is 0 Å². The largest absolute Gasteiger partial charge is 0.386 e. The fourth-order valence-corrected chi connectivity index (χ4v) is 2.51. The first kappa shape index (κ1) is 14.5. The van der Waals surface area contributed by atoms with Crippen LogP contribution in [0.5, 0.6) is 0 Å². The van der Waals surface area contributed by atoms with Crippen molar-refractivity contribution >= 4 is 0 Å². The quantitative estimate of drug-likeness (QED) is 0.808. The summed E-state index contributed by atoms with van der Waals surface area (Å²) in [4.78, 5) is 0. The zero-order valence-electron chi connectivity index (χ0n) is 12.1. The minimum Gasteiger partial charge on any atom is -0.386 e. The summed E-state index contributed by atoms with van der Waals surface area (Å²) in [6.07, 6.45) is 5.62. The van der Waals surface area contributed by atoms with Crippen LogP contribution in [0.2, 0.25) is 0 Å². The zero-order chi connectivity index (χ0) is 13.7. The molecule has 1 aliphatic carbocycles. The van der Waals surface area contributed by atoms with Gasteiger partial charge in [0.2, 0.25) is 0 Å². The van der Waals surface area contributed by atoms with Gasteiger partial charge in [-0.1, -0.05) is 50.5 Å². The van der Waals surface area contributed by atoms with Crippen molar-refractivity contribution in [3.63, 3.8) is 0 Å². The third kappa shape index (κ3) is 4.05. The van der Waals surface area contributed by atoms with Crippen LogP contribution >= 0.6 is 0 Å². The van der Waals surface area contributed by atoms with Gasteiger partial charge in [0.1, 0.15) is 6.10 Å². The van der Waals surface area contributed by atoms with E-state index in [1.807, 2.05) is 19.1 Å². The Morgan fingerprint density at radius 2 is 1.95 bits per heavy atom. The number of benzene rings is 1. The van der Waals surface area contributed by atoms with Crippen LogP contribution in [0, 0.1) is 5.92 Å². The SMILES string of the molecule is CCc1ccc(C(O)C(C)OCCC2CCC2)cc1. The van der Waals surface area contributed by atoms with E-state index in [2.05, 4.69) is 19.1 Å². The molecule has 1 fully saturated rings. The second-order valence-corrected chi connectivity index (χ2v) is 5.70. The average Bonchev–Trinajstić information content (AvgIpc) is 2.40. The van der Waals surface area contributed by atoms with E-state index in [-0.39, 0.29) is 6.10 Å².